The van der Waals surface area contributed by atoms with E-state index in [0.29, 0.717) is 17.2 Å². The van der Waals surface area contributed by atoms with Gasteiger partial charge in [0.2, 0.25) is 5.91 Å². The van der Waals surface area contributed by atoms with Crippen LogP contribution >= 0.6 is 35.1 Å². The number of nitrogens with zero attached hydrogens (tertiary/aromatic N) is 1. The molecular formula is C17H17ClN2O2S2. The first-order valence-corrected chi connectivity index (χ1v) is 9.85. The van der Waals surface area contributed by atoms with Crippen LogP contribution in [0.1, 0.15) is 19.1 Å². The van der Waals surface area contributed by atoms with E-state index in [-0.39, 0.29) is 9.99 Å². The molecule has 1 aliphatic rings. The lowest BCUT2D eigenvalue weighted by Gasteiger charge is -2.19. The number of amides is 1. The molecule has 4 nitrogen and oxygen atoms in total. The number of hydrogen-bond donors (Lipinski definition) is 1. The molecule has 24 heavy (non-hydrogen) atoms. The van der Waals surface area contributed by atoms with Gasteiger partial charge in [0.1, 0.15) is 11.5 Å². The van der Waals surface area contributed by atoms with Crippen LogP contribution in [0.2, 0.25) is 5.02 Å². The number of nitrogens with one attached hydrogen (secondary N) is 1. The van der Waals surface area contributed by atoms with Gasteiger partial charge in [0.25, 0.3) is 0 Å². The largest absolute Gasteiger partial charge is 0.455 e. The molecule has 1 fully saturated rings. The van der Waals surface area contributed by atoms with E-state index in [4.69, 9.17) is 16.0 Å². The monoisotopic (exact) mass is 380 g/mol. The minimum atomic E-state index is -0.0832. The lowest BCUT2D eigenvalue weighted by atomic mass is 10.2. The molecule has 1 N–H and O–H groups in total. The van der Waals surface area contributed by atoms with Gasteiger partial charge in [-0.05, 0) is 43.3 Å². The highest BCUT2D eigenvalue weighted by molar-refractivity contribution is 8.21. The summed E-state index contributed by atoms with van der Waals surface area (Å²) < 4.78 is 5.66. The maximum Gasteiger partial charge on any atom is 0.242 e. The van der Waals surface area contributed by atoms with Crippen molar-refractivity contribution in [2.75, 3.05) is 11.5 Å². The predicted molar refractivity (Wildman–Crippen MR) is 103 cm³/mol. The second-order valence-electron chi connectivity index (χ2n) is 5.51. The summed E-state index contributed by atoms with van der Waals surface area (Å²) in [5.74, 6) is 3.41. The number of thioether (sulfide) groups is 2. The summed E-state index contributed by atoms with van der Waals surface area (Å²) in [7, 11) is 0. The maximum absolute atomic E-state index is 12.0. The first-order valence-electron chi connectivity index (χ1n) is 7.50. The molecule has 0 atom stereocenters. The molecule has 0 unspecified atom stereocenters. The second-order valence-corrected chi connectivity index (χ2v) is 9.40. The topological polar surface area (TPSA) is 54.6 Å². The Morgan fingerprint density at radius 3 is 2.71 bits per heavy atom. The second kappa shape index (κ2) is 7.68. The van der Waals surface area contributed by atoms with Crippen molar-refractivity contribution >= 4 is 47.2 Å². The van der Waals surface area contributed by atoms with Crippen molar-refractivity contribution < 1.29 is 9.21 Å². The van der Waals surface area contributed by atoms with Gasteiger partial charge in [-0.2, -0.15) is 5.10 Å². The summed E-state index contributed by atoms with van der Waals surface area (Å²) in [4.78, 5) is 12.0. The summed E-state index contributed by atoms with van der Waals surface area (Å²) in [6, 6.07) is 11.1. The van der Waals surface area contributed by atoms with Crippen LogP contribution in [0, 0.1) is 0 Å². The van der Waals surface area contributed by atoms with Crippen LogP contribution in [0.4, 0.5) is 0 Å². The summed E-state index contributed by atoms with van der Waals surface area (Å²) >= 11 is 9.53. The number of benzene rings is 1. The van der Waals surface area contributed by atoms with E-state index in [1.807, 2.05) is 59.9 Å². The van der Waals surface area contributed by atoms with Gasteiger partial charge in [-0.25, -0.2) is 5.43 Å². The van der Waals surface area contributed by atoms with Crippen molar-refractivity contribution in [1.82, 2.24) is 5.43 Å². The zero-order valence-corrected chi connectivity index (χ0v) is 15.5. The van der Waals surface area contributed by atoms with E-state index in [1.165, 1.54) is 6.21 Å². The highest BCUT2D eigenvalue weighted by Crippen LogP contribution is 2.45. The van der Waals surface area contributed by atoms with Crippen molar-refractivity contribution in [2.45, 2.75) is 17.4 Å². The van der Waals surface area contributed by atoms with Crippen molar-refractivity contribution in [1.29, 1.82) is 0 Å². The van der Waals surface area contributed by atoms with E-state index >= 15 is 0 Å². The number of rotatable bonds is 5. The summed E-state index contributed by atoms with van der Waals surface area (Å²) in [5.41, 5.74) is 3.50. The van der Waals surface area contributed by atoms with E-state index in [0.717, 1.165) is 22.8 Å². The first-order chi connectivity index (χ1) is 11.5. The highest BCUT2D eigenvalue weighted by Gasteiger charge is 2.32. The van der Waals surface area contributed by atoms with Gasteiger partial charge in [-0.1, -0.05) is 11.6 Å². The van der Waals surface area contributed by atoms with Crippen molar-refractivity contribution in [3.8, 4) is 11.3 Å². The summed E-state index contributed by atoms with van der Waals surface area (Å²) in [5, 5.41) is 4.66. The third-order valence-electron chi connectivity index (χ3n) is 3.52. The van der Waals surface area contributed by atoms with Crippen molar-refractivity contribution in [2.24, 2.45) is 5.10 Å². The number of hydrogen-bond acceptors (Lipinski definition) is 5. The molecule has 1 aromatic heterocycles. The molecule has 7 heteroatoms. The number of carbonyl (C=O) groups excluding carboxylic acids is 1. The Hall–Kier alpha value is -1.37. The molecule has 2 heterocycles. The minimum Gasteiger partial charge on any atom is -0.455 e. The van der Waals surface area contributed by atoms with Gasteiger partial charge in [0.15, 0.2) is 0 Å². The predicted octanol–water partition coefficient (Wildman–Crippen LogP) is 4.64. The standard InChI is InChI=1S/C17H17ClN2O2S2/c1-17(23-8-9-24-17)10-16(21)20-19-11-14-6-7-15(22-14)12-2-4-13(18)5-3-12/h2-7,11H,8-10H2,1H3,(H,20,21)/b19-11+. The maximum atomic E-state index is 12.0. The molecule has 3 rings (SSSR count). The number of carbonyl (C=O) groups is 1. The van der Waals surface area contributed by atoms with Crippen LogP contribution < -0.4 is 5.43 Å². The Labute approximate surface area is 154 Å². The molecule has 1 aromatic carbocycles. The molecule has 0 bridgehead atoms. The van der Waals surface area contributed by atoms with Gasteiger partial charge in [0.05, 0.1) is 16.7 Å². The molecule has 2 aromatic rings. The zero-order valence-electron chi connectivity index (χ0n) is 13.1. The Morgan fingerprint density at radius 2 is 2.00 bits per heavy atom. The van der Waals surface area contributed by atoms with E-state index in [9.17, 15) is 4.79 Å². The third-order valence-corrected chi connectivity index (χ3v) is 7.06. The van der Waals surface area contributed by atoms with Crippen LogP contribution in [0.15, 0.2) is 45.9 Å². The van der Waals surface area contributed by atoms with Crippen LogP contribution in [-0.2, 0) is 4.79 Å². The van der Waals surface area contributed by atoms with Crippen LogP contribution in [0.25, 0.3) is 11.3 Å². The molecule has 1 saturated heterocycles. The van der Waals surface area contributed by atoms with Gasteiger partial charge in [-0.15, -0.1) is 23.5 Å². The Morgan fingerprint density at radius 1 is 1.29 bits per heavy atom. The van der Waals surface area contributed by atoms with E-state index < -0.39 is 0 Å². The fraction of sp³-hybridized carbons (Fsp3) is 0.294. The molecule has 1 aliphatic heterocycles. The minimum absolute atomic E-state index is 0.0357. The quantitative estimate of drug-likeness (QED) is 0.606. The molecule has 0 radical (unpaired) electrons. The number of halogens is 1. The average molecular weight is 381 g/mol. The Bertz CT molecular complexity index is 737. The fourth-order valence-electron chi connectivity index (χ4n) is 2.35. The van der Waals surface area contributed by atoms with Gasteiger partial charge >= 0.3 is 0 Å². The molecule has 0 saturated carbocycles. The zero-order chi connectivity index (χ0) is 17.0. The molecule has 0 spiro atoms. The summed E-state index contributed by atoms with van der Waals surface area (Å²) in [6.07, 6.45) is 1.96. The molecule has 126 valence electrons. The van der Waals surface area contributed by atoms with Gasteiger partial charge in [-0.3, -0.25) is 4.79 Å². The average Bonchev–Trinajstić information content (AvgIpc) is 3.17. The van der Waals surface area contributed by atoms with Crippen LogP contribution in [0.5, 0.6) is 0 Å². The SMILES string of the molecule is CC1(CC(=O)N/N=C/c2ccc(-c3ccc(Cl)cc3)o2)SCCS1. The van der Waals surface area contributed by atoms with Gasteiger partial charge in [0, 0.05) is 22.1 Å². The highest BCUT2D eigenvalue weighted by atomic mass is 35.5. The van der Waals surface area contributed by atoms with E-state index in [2.05, 4.69) is 17.5 Å². The molecule has 1 amide bonds. The Kier molecular flexibility index (Phi) is 5.58. The first kappa shape index (κ1) is 17.5. The smallest absolute Gasteiger partial charge is 0.242 e. The fourth-order valence-corrected chi connectivity index (χ4v) is 5.31. The van der Waals surface area contributed by atoms with E-state index in [1.54, 1.807) is 0 Å². The summed E-state index contributed by atoms with van der Waals surface area (Å²) in [6.45, 7) is 2.10. The normalized spacial score (nSPS) is 16.6. The third kappa shape index (κ3) is 4.59. The lowest BCUT2D eigenvalue weighted by Crippen LogP contribution is -2.26. The molecular weight excluding hydrogens is 364 g/mol. The number of hydrazone groups is 1. The van der Waals surface area contributed by atoms with Crippen LogP contribution in [0.3, 0.4) is 0 Å². The van der Waals surface area contributed by atoms with Gasteiger partial charge < -0.3 is 4.42 Å². The van der Waals surface area contributed by atoms with Crippen LogP contribution in [-0.4, -0.2) is 27.7 Å². The molecule has 0 aliphatic carbocycles. The number of furan rings is 1. The van der Waals surface area contributed by atoms with Crippen molar-refractivity contribution in [3.05, 3.63) is 47.2 Å². The Balaban J connectivity index is 1.55. The van der Waals surface area contributed by atoms with Crippen molar-refractivity contribution in [3.63, 3.8) is 0 Å². The lowest BCUT2D eigenvalue weighted by molar-refractivity contribution is -0.121.